The van der Waals surface area contributed by atoms with Gasteiger partial charge in [0.1, 0.15) is 17.3 Å². The Morgan fingerprint density at radius 3 is 2.61 bits per heavy atom. The summed E-state index contributed by atoms with van der Waals surface area (Å²) in [6, 6.07) is 15.0. The van der Waals surface area contributed by atoms with E-state index in [0.29, 0.717) is 17.7 Å². The van der Waals surface area contributed by atoms with Crippen LogP contribution >= 0.6 is 0 Å². The number of amides is 1. The van der Waals surface area contributed by atoms with Crippen molar-refractivity contribution in [3.8, 4) is 5.75 Å². The molecule has 1 fully saturated rings. The van der Waals surface area contributed by atoms with E-state index in [0.717, 1.165) is 22.5 Å². The second-order valence-electron chi connectivity index (χ2n) is 8.83. The number of aliphatic hydroxyl groups is 1. The van der Waals surface area contributed by atoms with Gasteiger partial charge in [-0.25, -0.2) is 4.39 Å². The van der Waals surface area contributed by atoms with E-state index in [2.05, 4.69) is 4.98 Å². The first-order valence-electron chi connectivity index (χ1n) is 11.7. The van der Waals surface area contributed by atoms with Gasteiger partial charge in [-0.05, 0) is 47.9 Å². The van der Waals surface area contributed by atoms with Gasteiger partial charge >= 0.3 is 0 Å². The average Bonchev–Trinajstić information content (AvgIpc) is 3.44. The maximum atomic E-state index is 13.7. The second kappa shape index (κ2) is 9.81. The van der Waals surface area contributed by atoms with Gasteiger partial charge in [-0.3, -0.25) is 19.7 Å². The van der Waals surface area contributed by atoms with E-state index >= 15 is 0 Å². The van der Waals surface area contributed by atoms with Gasteiger partial charge in [-0.2, -0.15) is 0 Å². The predicted octanol–water partition coefficient (Wildman–Crippen LogP) is 4.89. The first-order valence-corrected chi connectivity index (χ1v) is 11.7. The molecule has 9 nitrogen and oxygen atoms in total. The number of nitro benzene ring substituents is 1. The van der Waals surface area contributed by atoms with Gasteiger partial charge in [0.25, 0.3) is 17.4 Å². The minimum absolute atomic E-state index is 0.0213. The molecule has 38 heavy (non-hydrogen) atoms. The third-order valence-electron chi connectivity index (χ3n) is 6.65. The van der Waals surface area contributed by atoms with E-state index in [1.807, 2.05) is 24.4 Å². The summed E-state index contributed by atoms with van der Waals surface area (Å²) < 4.78 is 19.0. The lowest BCUT2D eigenvalue weighted by Gasteiger charge is -2.25. The number of nitrogens with zero attached hydrogens (tertiary/aromatic N) is 2. The number of hydrogen-bond acceptors (Lipinski definition) is 6. The summed E-state index contributed by atoms with van der Waals surface area (Å²) in [6.45, 7) is 0.114. The molecule has 3 aromatic carbocycles. The Balaban J connectivity index is 1.56. The highest BCUT2D eigenvalue weighted by Crippen LogP contribution is 2.40. The van der Waals surface area contributed by atoms with Gasteiger partial charge in [0.05, 0.1) is 23.6 Å². The van der Waals surface area contributed by atoms with Crippen LogP contribution in [0.1, 0.15) is 22.7 Å². The first-order chi connectivity index (χ1) is 18.3. The van der Waals surface area contributed by atoms with Crippen LogP contribution in [0.3, 0.4) is 0 Å². The van der Waals surface area contributed by atoms with Crippen LogP contribution in [0.5, 0.6) is 5.75 Å². The molecule has 4 aromatic rings. The molecule has 0 aliphatic carbocycles. The number of likely N-dealkylation sites (tertiary alicyclic amines) is 1. The second-order valence-corrected chi connectivity index (χ2v) is 8.83. The number of aromatic nitrogens is 1. The Morgan fingerprint density at radius 2 is 1.89 bits per heavy atom. The lowest BCUT2D eigenvalue weighted by atomic mass is 9.95. The quantitative estimate of drug-likeness (QED) is 0.119. The molecule has 0 bridgehead atoms. The number of nitro groups is 1. The fraction of sp³-hybridized carbons (Fsp3) is 0.143. The van der Waals surface area contributed by atoms with Crippen molar-refractivity contribution in [2.24, 2.45) is 0 Å². The Bertz CT molecular complexity index is 1610. The zero-order chi connectivity index (χ0) is 27.0. The molecule has 0 radical (unpaired) electrons. The monoisotopic (exact) mass is 515 g/mol. The number of carbonyl (C=O) groups excluding carboxylic acids is 2. The fourth-order valence-corrected chi connectivity index (χ4v) is 4.76. The number of Topliss-reactive ketones (excluding diaryl/α,β-unsaturated/α-hetero) is 1. The van der Waals surface area contributed by atoms with Crippen LogP contribution in [0.15, 0.2) is 78.5 Å². The zero-order valence-corrected chi connectivity index (χ0v) is 20.2. The lowest BCUT2D eigenvalue weighted by molar-refractivity contribution is -0.384. The number of fused-ring (bicyclic) bond motifs is 1. The van der Waals surface area contributed by atoms with Gasteiger partial charge in [0.15, 0.2) is 0 Å². The molecule has 1 amide bonds. The molecule has 0 spiro atoms. The predicted molar refractivity (Wildman–Crippen MR) is 137 cm³/mol. The van der Waals surface area contributed by atoms with E-state index in [-0.39, 0.29) is 23.4 Å². The van der Waals surface area contributed by atoms with Crippen molar-refractivity contribution in [3.05, 3.63) is 111 Å². The number of rotatable bonds is 7. The lowest BCUT2D eigenvalue weighted by Crippen LogP contribution is -2.31. The largest absolute Gasteiger partial charge is 0.507 e. The number of H-pyrrole nitrogens is 1. The number of ketones is 1. The SMILES string of the molecule is COc1ccc2[nH]cc(CCN3C(=O)C(=O)C(=C(O)c4cccc([N+](=O)[O-])c4)[C@H]3c3ccc(F)cc3)c2c1. The first kappa shape index (κ1) is 24.7. The summed E-state index contributed by atoms with van der Waals surface area (Å²) in [4.78, 5) is 41.6. The minimum Gasteiger partial charge on any atom is -0.507 e. The van der Waals surface area contributed by atoms with E-state index in [1.165, 1.54) is 47.4 Å². The number of non-ortho nitro benzene ring substituents is 1. The molecule has 5 rings (SSSR count). The minimum atomic E-state index is -1.02. The Morgan fingerprint density at radius 1 is 1.13 bits per heavy atom. The molecule has 2 heterocycles. The Kier molecular flexibility index (Phi) is 6.38. The number of hydrogen-bond donors (Lipinski definition) is 2. The summed E-state index contributed by atoms with van der Waals surface area (Å²) in [5.41, 5.74) is 1.70. The van der Waals surface area contributed by atoms with Crippen molar-refractivity contribution in [2.75, 3.05) is 13.7 Å². The number of ether oxygens (including phenoxy) is 1. The number of aromatic amines is 1. The van der Waals surface area contributed by atoms with Crippen LogP contribution in [-0.2, 0) is 16.0 Å². The molecule has 1 aromatic heterocycles. The highest BCUT2D eigenvalue weighted by atomic mass is 19.1. The molecule has 10 heteroatoms. The van der Waals surface area contributed by atoms with Crippen LogP contribution in [0.25, 0.3) is 16.7 Å². The molecule has 1 atom stereocenters. The zero-order valence-electron chi connectivity index (χ0n) is 20.2. The van der Waals surface area contributed by atoms with Gasteiger partial charge in [-0.15, -0.1) is 0 Å². The average molecular weight is 515 g/mol. The molecular weight excluding hydrogens is 493 g/mol. The highest BCUT2D eigenvalue weighted by Gasteiger charge is 2.46. The molecule has 0 saturated carbocycles. The summed E-state index contributed by atoms with van der Waals surface area (Å²) in [5, 5.41) is 23.3. The smallest absolute Gasteiger partial charge is 0.295 e. The maximum Gasteiger partial charge on any atom is 0.295 e. The molecule has 1 aliphatic heterocycles. The Hall–Kier alpha value is -4.99. The van der Waals surface area contributed by atoms with E-state index in [9.17, 15) is 29.2 Å². The number of methoxy groups -OCH3 is 1. The van der Waals surface area contributed by atoms with Crippen molar-refractivity contribution >= 4 is 34.0 Å². The molecule has 1 aliphatic rings. The van der Waals surface area contributed by atoms with Crippen molar-refractivity contribution in [1.29, 1.82) is 0 Å². The van der Waals surface area contributed by atoms with E-state index in [1.54, 1.807) is 7.11 Å². The summed E-state index contributed by atoms with van der Waals surface area (Å²) in [7, 11) is 1.57. The van der Waals surface area contributed by atoms with Crippen molar-refractivity contribution < 1.29 is 28.7 Å². The van der Waals surface area contributed by atoms with Crippen LogP contribution in [-0.4, -0.2) is 45.3 Å². The molecule has 2 N–H and O–H groups in total. The molecular formula is C28H22FN3O6. The topological polar surface area (TPSA) is 126 Å². The standard InChI is InChI=1S/C28H22FN3O6/c1-38-21-9-10-23-22(14-21)18(15-30-23)11-12-31-25(16-5-7-19(29)8-6-16)24(27(34)28(31)35)26(33)17-3-2-4-20(13-17)32(36)37/h2-10,13-15,25,30,33H,11-12H2,1H3/t25-/m1/s1. The van der Waals surface area contributed by atoms with Gasteiger partial charge < -0.3 is 19.7 Å². The normalized spacial score (nSPS) is 16.8. The fourth-order valence-electron chi connectivity index (χ4n) is 4.76. The van der Waals surface area contributed by atoms with Crippen molar-refractivity contribution in [2.45, 2.75) is 12.5 Å². The summed E-state index contributed by atoms with van der Waals surface area (Å²) >= 11 is 0. The number of benzene rings is 3. The van der Waals surface area contributed by atoms with Crippen LogP contribution in [0.4, 0.5) is 10.1 Å². The number of nitrogens with one attached hydrogen (secondary N) is 1. The van der Waals surface area contributed by atoms with Gasteiger partial charge in [-0.1, -0.05) is 24.3 Å². The van der Waals surface area contributed by atoms with E-state index in [4.69, 9.17) is 4.74 Å². The van der Waals surface area contributed by atoms with Crippen molar-refractivity contribution in [3.63, 3.8) is 0 Å². The van der Waals surface area contributed by atoms with Crippen LogP contribution in [0.2, 0.25) is 0 Å². The van der Waals surface area contributed by atoms with Gasteiger partial charge in [0, 0.05) is 41.3 Å². The highest BCUT2D eigenvalue weighted by molar-refractivity contribution is 6.46. The van der Waals surface area contributed by atoms with E-state index < -0.39 is 34.2 Å². The number of aliphatic hydroxyl groups excluding tert-OH is 1. The number of halogens is 1. The van der Waals surface area contributed by atoms with Crippen LogP contribution < -0.4 is 4.74 Å². The van der Waals surface area contributed by atoms with Gasteiger partial charge in [0.2, 0.25) is 0 Å². The maximum absolute atomic E-state index is 13.7. The molecule has 192 valence electrons. The summed E-state index contributed by atoms with van der Waals surface area (Å²) in [5.74, 6) is -2.13. The molecule has 1 saturated heterocycles. The van der Waals surface area contributed by atoms with Crippen LogP contribution in [0, 0.1) is 15.9 Å². The van der Waals surface area contributed by atoms with Crippen molar-refractivity contribution in [1.82, 2.24) is 9.88 Å². The summed E-state index contributed by atoms with van der Waals surface area (Å²) in [6.07, 6.45) is 2.19. The third kappa shape index (κ3) is 4.36. The molecule has 0 unspecified atom stereocenters. The number of carbonyl (C=O) groups is 2. The third-order valence-corrected chi connectivity index (χ3v) is 6.65. The Labute approximate surface area is 215 Å².